The molecule has 0 radical (unpaired) electrons. The van der Waals surface area contributed by atoms with E-state index in [2.05, 4.69) is 0 Å². The lowest BCUT2D eigenvalue weighted by molar-refractivity contribution is -0.143. The molecule has 0 saturated carbocycles. The molecule has 0 aliphatic rings. The monoisotopic (exact) mass is 220 g/mol. The summed E-state index contributed by atoms with van der Waals surface area (Å²) >= 11 is 1.77. The van der Waals surface area contributed by atoms with Gasteiger partial charge in [0.15, 0.2) is 0 Å². The van der Waals surface area contributed by atoms with E-state index in [9.17, 15) is 9.90 Å². The minimum absolute atomic E-state index is 0.212. The molecule has 0 aliphatic carbocycles. The van der Waals surface area contributed by atoms with Crippen molar-refractivity contribution < 1.29 is 14.6 Å². The largest absolute Gasteiger partial charge is 0.466 e. The fourth-order valence-electron chi connectivity index (χ4n) is 1.13. The van der Waals surface area contributed by atoms with E-state index in [0.717, 1.165) is 18.6 Å². The molecule has 0 amide bonds. The van der Waals surface area contributed by atoms with Crippen molar-refractivity contribution in [3.05, 3.63) is 0 Å². The molecule has 0 saturated heterocycles. The molecular formula is C10H20O3S. The molecule has 1 atom stereocenters. The van der Waals surface area contributed by atoms with Crippen LogP contribution >= 0.6 is 11.8 Å². The third-order valence-corrected chi connectivity index (χ3v) is 2.57. The number of carbonyl (C=O) groups is 1. The molecule has 1 N–H and O–H groups in total. The highest BCUT2D eigenvalue weighted by Gasteiger charge is 2.08. The second-order valence-corrected chi connectivity index (χ2v) is 4.12. The number of hydrogen-bond donors (Lipinski definition) is 1. The van der Waals surface area contributed by atoms with Gasteiger partial charge in [-0.2, -0.15) is 11.8 Å². The van der Waals surface area contributed by atoms with Gasteiger partial charge in [-0.25, -0.2) is 0 Å². The van der Waals surface area contributed by atoms with Gasteiger partial charge in [0.1, 0.15) is 0 Å². The first-order valence-corrected chi connectivity index (χ1v) is 6.42. The van der Waals surface area contributed by atoms with Gasteiger partial charge < -0.3 is 9.84 Å². The van der Waals surface area contributed by atoms with E-state index in [1.54, 1.807) is 18.7 Å². The molecule has 0 aliphatic heterocycles. The van der Waals surface area contributed by atoms with E-state index in [-0.39, 0.29) is 12.1 Å². The lowest BCUT2D eigenvalue weighted by Crippen LogP contribution is -2.11. The zero-order valence-corrected chi connectivity index (χ0v) is 9.81. The number of rotatable bonds is 8. The van der Waals surface area contributed by atoms with Crippen LogP contribution in [0.4, 0.5) is 0 Å². The van der Waals surface area contributed by atoms with Crippen molar-refractivity contribution in [1.29, 1.82) is 0 Å². The minimum Gasteiger partial charge on any atom is -0.466 e. The molecule has 84 valence electrons. The number of thioether (sulfide) groups is 1. The Morgan fingerprint density at radius 2 is 2.21 bits per heavy atom. The summed E-state index contributed by atoms with van der Waals surface area (Å²) in [6.07, 6.45) is 4.32. The van der Waals surface area contributed by atoms with Crippen molar-refractivity contribution in [2.45, 2.75) is 38.7 Å². The molecule has 0 bridgehead atoms. The van der Waals surface area contributed by atoms with Gasteiger partial charge in [-0.3, -0.25) is 4.79 Å². The number of esters is 1. The number of hydrogen-bond acceptors (Lipinski definition) is 4. The van der Waals surface area contributed by atoms with E-state index in [0.29, 0.717) is 19.4 Å². The number of carbonyl (C=O) groups excluding carboxylic acids is 1. The summed E-state index contributed by atoms with van der Waals surface area (Å²) in [7, 11) is 0. The standard InChI is InChI=1S/C10H20O3S/c1-3-13-10(12)7-6-9(11)5-4-8-14-2/h9,11H,3-8H2,1-2H3. The van der Waals surface area contributed by atoms with Gasteiger partial charge in [0.25, 0.3) is 0 Å². The summed E-state index contributed by atoms with van der Waals surface area (Å²) in [5.74, 6) is 0.854. The third-order valence-electron chi connectivity index (χ3n) is 1.87. The predicted molar refractivity (Wildman–Crippen MR) is 59.5 cm³/mol. The first-order chi connectivity index (χ1) is 6.70. The summed E-state index contributed by atoms with van der Waals surface area (Å²) in [4.78, 5) is 10.9. The molecule has 3 nitrogen and oxygen atoms in total. The topological polar surface area (TPSA) is 46.5 Å². The van der Waals surface area contributed by atoms with Crippen molar-refractivity contribution in [3.8, 4) is 0 Å². The van der Waals surface area contributed by atoms with Crippen LogP contribution in [0.1, 0.15) is 32.6 Å². The molecule has 1 unspecified atom stereocenters. The van der Waals surface area contributed by atoms with E-state index < -0.39 is 0 Å². The van der Waals surface area contributed by atoms with Crippen molar-refractivity contribution in [2.24, 2.45) is 0 Å². The first kappa shape index (κ1) is 13.8. The SMILES string of the molecule is CCOC(=O)CCC(O)CCCSC. The van der Waals surface area contributed by atoms with Gasteiger partial charge in [-0.15, -0.1) is 0 Å². The van der Waals surface area contributed by atoms with Crippen LogP contribution in [0, 0.1) is 0 Å². The van der Waals surface area contributed by atoms with Crippen LogP contribution < -0.4 is 0 Å². The molecule has 0 aromatic carbocycles. The van der Waals surface area contributed by atoms with Crippen LogP contribution in [-0.2, 0) is 9.53 Å². The lowest BCUT2D eigenvalue weighted by Gasteiger charge is -2.09. The Morgan fingerprint density at radius 3 is 2.79 bits per heavy atom. The van der Waals surface area contributed by atoms with Crippen LogP contribution in [0.5, 0.6) is 0 Å². The van der Waals surface area contributed by atoms with E-state index >= 15 is 0 Å². The second-order valence-electron chi connectivity index (χ2n) is 3.13. The predicted octanol–water partition coefficient (Wildman–Crippen LogP) is 1.83. The molecule has 0 aromatic heterocycles. The maximum Gasteiger partial charge on any atom is 0.305 e. The highest BCUT2D eigenvalue weighted by molar-refractivity contribution is 7.98. The zero-order valence-electron chi connectivity index (χ0n) is 8.99. The Balaban J connectivity index is 3.33. The lowest BCUT2D eigenvalue weighted by atomic mass is 10.1. The summed E-state index contributed by atoms with van der Waals surface area (Å²) in [5, 5.41) is 9.48. The Hall–Kier alpha value is -0.220. The van der Waals surface area contributed by atoms with Gasteiger partial charge in [-0.05, 0) is 38.2 Å². The van der Waals surface area contributed by atoms with Crippen molar-refractivity contribution in [2.75, 3.05) is 18.6 Å². The third kappa shape index (κ3) is 8.38. The van der Waals surface area contributed by atoms with Crippen LogP contribution in [0.3, 0.4) is 0 Å². The fraction of sp³-hybridized carbons (Fsp3) is 0.900. The first-order valence-electron chi connectivity index (χ1n) is 5.03. The molecule has 4 heteroatoms. The van der Waals surface area contributed by atoms with Gasteiger partial charge >= 0.3 is 5.97 Å². The molecular weight excluding hydrogens is 200 g/mol. The van der Waals surface area contributed by atoms with Crippen LogP contribution in [0.2, 0.25) is 0 Å². The van der Waals surface area contributed by atoms with Crippen LogP contribution in [0.25, 0.3) is 0 Å². The van der Waals surface area contributed by atoms with E-state index in [1.165, 1.54) is 0 Å². The number of ether oxygens (including phenoxy) is 1. The molecule has 14 heavy (non-hydrogen) atoms. The highest BCUT2D eigenvalue weighted by atomic mass is 32.2. The molecule has 0 spiro atoms. The summed E-state index contributed by atoms with van der Waals surface area (Å²) in [6.45, 7) is 2.20. The average Bonchev–Trinajstić information content (AvgIpc) is 2.16. The van der Waals surface area contributed by atoms with Crippen molar-refractivity contribution in [1.82, 2.24) is 0 Å². The summed E-state index contributed by atoms with van der Waals surface area (Å²) < 4.78 is 4.76. The van der Waals surface area contributed by atoms with Crippen molar-refractivity contribution in [3.63, 3.8) is 0 Å². The maximum absolute atomic E-state index is 10.9. The number of aliphatic hydroxyl groups excluding tert-OH is 1. The Morgan fingerprint density at radius 1 is 1.50 bits per heavy atom. The van der Waals surface area contributed by atoms with Gasteiger partial charge in [0, 0.05) is 6.42 Å². The van der Waals surface area contributed by atoms with Gasteiger partial charge in [-0.1, -0.05) is 0 Å². The average molecular weight is 220 g/mol. The summed E-state index contributed by atoms with van der Waals surface area (Å²) in [6, 6.07) is 0. The van der Waals surface area contributed by atoms with E-state index in [1.807, 2.05) is 6.26 Å². The molecule has 0 aromatic rings. The Kier molecular flexibility index (Phi) is 9.19. The number of aliphatic hydroxyl groups is 1. The Labute approximate surface area is 90.2 Å². The maximum atomic E-state index is 10.9. The Bertz CT molecular complexity index is 150. The zero-order chi connectivity index (χ0) is 10.8. The normalized spacial score (nSPS) is 12.5. The highest BCUT2D eigenvalue weighted by Crippen LogP contribution is 2.08. The summed E-state index contributed by atoms with van der Waals surface area (Å²) in [5.41, 5.74) is 0. The van der Waals surface area contributed by atoms with Crippen molar-refractivity contribution >= 4 is 17.7 Å². The van der Waals surface area contributed by atoms with Gasteiger partial charge in [0.2, 0.25) is 0 Å². The smallest absolute Gasteiger partial charge is 0.305 e. The molecule has 0 heterocycles. The minimum atomic E-state index is -0.355. The van der Waals surface area contributed by atoms with Gasteiger partial charge in [0.05, 0.1) is 12.7 Å². The second kappa shape index (κ2) is 9.34. The fourth-order valence-corrected chi connectivity index (χ4v) is 1.58. The molecule has 0 fully saturated rings. The van der Waals surface area contributed by atoms with E-state index in [4.69, 9.17) is 4.74 Å². The van der Waals surface area contributed by atoms with Crippen LogP contribution in [0.15, 0.2) is 0 Å². The quantitative estimate of drug-likeness (QED) is 0.501. The van der Waals surface area contributed by atoms with Crippen LogP contribution in [-0.4, -0.2) is 35.8 Å². The molecule has 0 rings (SSSR count).